The van der Waals surface area contributed by atoms with Gasteiger partial charge >= 0.3 is 0 Å². The molecule has 29 heavy (non-hydrogen) atoms. The van der Waals surface area contributed by atoms with Crippen molar-refractivity contribution >= 4 is 23.1 Å². The standard InChI is InChI=1S/C23H16FN5/c24-18-9-11-19(12-10-18)27-23-28-21(17-6-2-1-3-7-17)14-22(29-23)26-20-8-4-5-16(13-20)15-25/h1-14H,(H2,26,27,28,29). The molecule has 0 bridgehead atoms. The molecule has 1 heterocycles. The fourth-order valence-electron chi connectivity index (χ4n) is 2.80. The molecule has 3 aromatic carbocycles. The lowest BCUT2D eigenvalue weighted by molar-refractivity contribution is 0.628. The third-order valence-corrected chi connectivity index (χ3v) is 4.16. The van der Waals surface area contributed by atoms with Gasteiger partial charge in [0.25, 0.3) is 0 Å². The summed E-state index contributed by atoms with van der Waals surface area (Å²) in [6.45, 7) is 0. The number of rotatable bonds is 5. The highest BCUT2D eigenvalue weighted by atomic mass is 19.1. The zero-order valence-corrected chi connectivity index (χ0v) is 15.3. The van der Waals surface area contributed by atoms with Gasteiger partial charge in [0.15, 0.2) is 0 Å². The number of hydrogen-bond acceptors (Lipinski definition) is 5. The maximum absolute atomic E-state index is 13.2. The van der Waals surface area contributed by atoms with Gasteiger partial charge in [-0.2, -0.15) is 10.2 Å². The lowest BCUT2D eigenvalue weighted by Crippen LogP contribution is -2.02. The Morgan fingerprint density at radius 3 is 2.31 bits per heavy atom. The smallest absolute Gasteiger partial charge is 0.229 e. The van der Waals surface area contributed by atoms with Crippen molar-refractivity contribution in [3.05, 3.63) is 96.3 Å². The molecule has 1 aromatic heterocycles. The van der Waals surface area contributed by atoms with E-state index in [1.165, 1.54) is 12.1 Å². The third kappa shape index (κ3) is 4.54. The molecule has 2 N–H and O–H groups in total. The predicted molar refractivity (Wildman–Crippen MR) is 112 cm³/mol. The van der Waals surface area contributed by atoms with Crippen LogP contribution in [0.2, 0.25) is 0 Å². The summed E-state index contributed by atoms with van der Waals surface area (Å²) < 4.78 is 13.2. The molecule has 0 aliphatic rings. The number of nitriles is 1. The van der Waals surface area contributed by atoms with Gasteiger partial charge in [0, 0.05) is 23.0 Å². The molecule has 0 unspecified atom stereocenters. The molecule has 0 fully saturated rings. The van der Waals surface area contributed by atoms with Crippen LogP contribution in [0.3, 0.4) is 0 Å². The van der Waals surface area contributed by atoms with E-state index in [1.807, 2.05) is 42.5 Å². The number of aromatic nitrogens is 2. The molecule has 0 aliphatic heterocycles. The van der Waals surface area contributed by atoms with Crippen LogP contribution in [-0.4, -0.2) is 9.97 Å². The van der Waals surface area contributed by atoms with Crippen molar-refractivity contribution in [2.24, 2.45) is 0 Å². The summed E-state index contributed by atoms with van der Waals surface area (Å²) in [6, 6.07) is 26.8. The Labute approximate surface area is 167 Å². The van der Waals surface area contributed by atoms with Gasteiger partial charge < -0.3 is 10.6 Å². The van der Waals surface area contributed by atoms with Gasteiger partial charge in [-0.1, -0.05) is 36.4 Å². The van der Waals surface area contributed by atoms with E-state index in [1.54, 1.807) is 30.3 Å². The first-order chi connectivity index (χ1) is 14.2. The number of hydrogen-bond donors (Lipinski definition) is 2. The zero-order valence-electron chi connectivity index (χ0n) is 15.3. The van der Waals surface area contributed by atoms with Crippen molar-refractivity contribution in [3.63, 3.8) is 0 Å². The molecule has 0 spiro atoms. The predicted octanol–water partition coefficient (Wildman–Crippen LogP) is 5.64. The van der Waals surface area contributed by atoms with E-state index in [-0.39, 0.29) is 5.82 Å². The largest absolute Gasteiger partial charge is 0.340 e. The Balaban J connectivity index is 1.71. The van der Waals surface area contributed by atoms with Crippen LogP contribution < -0.4 is 10.6 Å². The monoisotopic (exact) mass is 381 g/mol. The Morgan fingerprint density at radius 2 is 1.55 bits per heavy atom. The minimum absolute atomic E-state index is 0.311. The number of nitrogens with zero attached hydrogens (tertiary/aromatic N) is 3. The quantitative estimate of drug-likeness (QED) is 0.468. The molecule has 0 atom stereocenters. The van der Waals surface area contributed by atoms with Crippen molar-refractivity contribution in [1.29, 1.82) is 5.26 Å². The van der Waals surface area contributed by atoms with Gasteiger partial charge in [0.05, 0.1) is 17.3 Å². The van der Waals surface area contributed by atoms with Crippen LogP contribution >= 0.6 is 0 Å². The molecule has 0 saturated heterocycles. The molecule has 4 aromatic rings. The fraction of sp³-hybridized carbons (Fsp3) is 0. The van der Waals surface area contributed by atoms with Crippen LogP contribution in [0.25, 0.3) is 11.3 Å². The normalized spacial score (nSPS) is 10.2. The molecule has 0 radical (unpaired) electrons. The van der Waals surface area contributed by atoms with Gasteiger partial charge in [-0.05, 0) is 42.5 Å². The fourth-order valence-corrected chi connectivity index (χ4v) is 2.80. The van der Waals surface area contributed by atoms with Crippen molar-refractivity contribution in [2.75, 3.05) is 10.6 Å². The van der Waals surface area contributed by atoms with Gasteiger partial charge in [0.2, 0.25) is 5.95 Å². The van der Waals surface area contributed by atoms with E-state index in [4.69, 9.17) is 5.26 Å². The Morgan fingerprint density at radius 1 is 0.759 bits per heavy atom. The molecular weight excluding hydrogens is 365 g/mol. The Hall–Kier alpha value is -4.24. The van der Waals surface area contributed by atoms with Crippen molar-refractivity contribution in [1.82, 2.24) is 9.97 Å². The summed E-state index contributed by atoms with van der Waals surface area (Å²) in [5.74, 6) is 0.629. The molecule has 0 aliphatic carbocycles. The molecule has 140 valence electrons. The van der Waals surface area contributed by atoms with Crippen LogP contribution in [0.5, 0.6) is 0 Å². The minimum atomic E-state index is -0.311. The van der Waals surface area contributed by atoms with Gasteiger partial charge in [-0.25, -0.2) is 9.37 Å². The number of halogens is 1. The zero-order chi connectivity index (χ0) is 20.1. The summed E-state index contributed by atoms with van der Waals surface area (Å²) in [5.41, 5.74) is 3.63. The molecule has 4 rings (SSSR count). The second kappa shape index (κ2) is 8.19. The number of benzene rings is 3. The van der Waals surface area contributed by atoms with E-state index in [0.29, 0.717) is 23.0 Å². The van der Waals surface area contributed by atoms with E-state index in [0.717, 1.165) is 16.9 Å². The SMILES string of the molecule is N#Cc1cccc(Nc2cc(-c3ccccc3)nc(Nc3ccc(F)cc3)n2)c1. The van der Waals surface area contributed by atoms with Crippen LogP contribution in [-0.2, 0) is 0 Å². The summed E-state index contributed by atoms with van der Waals surface area (Å²) >= 11 is 0. The second-order valence-electron chi connectivity index (χ2n) is 6.28. The third-order valence-electron chi connectivity index (χ3n) is 4.16. The Kier molecular flexibility index (Phi) is 5.12. The highest BCUT2D eigenvalue weighted by molar-refractivity contribution is 5.69. The van der Waals surface area contributed by atoms with Crippen molar-refractivity contribution < 1.29 is 4.39 Å². The maximum atomic E-state index is 13.2. The highest BCUT2D eigenvalue weighted by Crippen LogP contribution is 2.25. The number of nitrogens with one attached hydrogen (secondary N) is 2. The van der Waals surface area contributed by atoms with Gasteiger partial charge in [-0.15, -0.1) is 0 Å². The topological polar surface area (TPSA) is 73.6 Å². The van der Waals surface area contributed by atoms with E-state index < -0.39 is 0 Å². The lowest BCUT2D eigenvalue weighted by atomic mass is 10.1. The summed E-state index contributed by atoms with van der Waals surface area (Å²) in [7, 11) is 0. The maximum Gasteiger partial charge on any atom is 0.229 e. The first kappa shape index (κ1) is 18.1. The first-order valence-electron chi connectivity index (χ1n) is 8.94. The van der Waals surface area contributed by atoms with Crippen LogP contribution in [0.1, 0.15) is 5.56 Å². The first-order valence-corrected chi connectivity index (χ1v) is 8.94. The van der Waals surface area contributed by atoms with Crippen LogP contribution in [0.4, 0.5) is 27.5 Å². The highest BCUT2D eigenvalue weighted by Gasteiger charge is 2.08. The summed E-state index contributed by atoms with van der Waals surface area (Å²) in [4.78, 5) is 9.11. The summed E-state index contributed by atoms with van der Waals surface area (Å²) in [5, 5.41) is 15.4. The van der Waals surface area contributed by atoms with E-state index in [9.17, 15) is 4.39 Å². The van der Waals surface area contributed by atoms with Crippen LogP contribution in [0, 0.1) is 17.1 Å². The minimum Gasteiger partial charge on any atom is -0.340 e. The molecule has 0 saturated carbocycles. The van der Waals surface area contributed by atoms with Crippen molar-refractivity contribution in [2.45, 2.75) is 0 Å². The van der Waals surface area contributed by atoms with E-state index >= 15 is 0 Å². The van der Waals surface area contributed by atoms with Gasteiger partial charge in [0.1, 0.15) is 11.6 Å². The Bertz CT molecular complexity index is 1170. The van der Waals surface area contributed by atoms with Crippen molar-refractivity contribution in [3.8, 4) is 17.3 Å². The molecule has 6 heteroatoms. The summed E-state index contributed by atoms with van der Waals surface area (Å²) in [6.07, 6.45) is 0. The second-order valence-corrected chi connectivity index (χ2v) is 6.28. The molecule has 0 amide bonds. The number of anilines is 4. The molecule has 5 nitrogen and oxygen atoms in total. The average molecular weight is 381 g/mol. The average Bonchev–Trinajstić information content (AvgIpc) is 2.76. The van der Waals surface area contributed by atoms with E-state index in [2.05, 4.69) is 26.7 Å². The van der Waals surface area contributed by atoms with Gasteiger partial charge in [-0.3, -0.25) is 0 Å². The lowest BCUT2D eigenvalue weighted by Gasteiger charge is -2.12. The molecular formula is C23H16FN5. The van der Waals surface area contributed by atoms with Crippen LogP contribution in [0.15, 0.2) is 84.9 Å².